The molecular weight excluding hydrogens is 331 g/mol. The molecule has 2 rings (SSSR count). The molecule has 2 N–H and O–H groups in total. The van der Waals surface area contributed by atoms with Gasteiger partial charge < -0.3 is 10.3 Å². The van der Waals surface area contributed by atoms with Crippen molar-refractivity contribution in [2.75, 3.05) is 5.32 Å². The first-order valence-corrected chi connectivity index (χ1v) is 6.16. The van der Waals surface area contributed by atoms with E-state index in [0.29, 0.717) is 9.39 Å². The maximum atomic E-state index is 11.4. The molecule has 0 spiro atoms. The van der Waals surface area contributed by atoms with Crippen molar-refractivity contribution in [1.82, 2.24) is 15.0 Å². The zero-order valence-corrected chi connectivity index (χ0v) is 11.3. The van der Waals surface area contributed by atoms with Crippen molar-refractivity contribution in [3.8, 4) is 0 Å². The Balaban J connectivity index is 2.22. The summed E-state index contributed by atoms with van der Waals surface area (Å²) in [6, 6.07) is 3.90. The van der Waals surface area contributed by atoms with E-state index in [9.17, 15) is 4.79 Å². The first-order valence-electron chi connectivity index (χ1n) is 5.08. The van der Waals surface area contributed by atoms with Crippen LogP contribution >= 0.6 is 22.6 Å². The summed E-state index contributed by atoms with van der Waals surface area (Å²) in [6.45, 7) is 2.00. The van der Waals surface area contributed by atoms with E-state index >= 15 is 0 Å². The second-order valence-corrected chi connectivity index (χ2v) is 4.63. The summed E-state index contributed by atoms with van der Waals surface area (Å²) >= 11 is 1.97. The molecule has 0 aliphatic carbocycles. The van der Waals surface area contributed by atoms with Crippen molar-refractivity contribution in [2.24, 2.45) is 0 Å². The summed E-state index contributed by atoms with van der Waals surface area (Å²) in [6.07, 6.45) is 4.91. The van der Waals surface area contributed by atoms with Gasteiger partial charge in [-0.2, -0.15) is 0 Å². The van der Waals surface area contributed by atoms with Crippen LogP contribution in [0.3, 0.4) is 0 Å². The number of halogens is 1. The van der Waals surface area contributed by atoms with Crippen molar-refractivity contribution in [1.29, 1.82) is 0 Å². The molecule has 5 nitrogen and oxygen atoms in total. The summed E-state index contributed by atoms with van der Waals surface area (Å²) in [5.74, 6) is 0.589. The topological polar surface area (TPSA) is 70.7 Å². The van der Waals surface area contributed by atoms with Crippen LogP contribution < -0.4 is 10.9 Å². The van der Waals surface area contributed by atoms with E-state index in [0.717, 1.165) is 5.56 Å². The van der Waals surface area contributed by atoms with E-state index in [-0.39, 0.29) is 11.6 Å². The SMILES string of the molecule is CC(Nc1nc[nH]c(=O)c1I)c1cccnc1. The fourth-order valence-corrected chi connectivity index (χ4v) is 1.85. The lowest BCUT2D eigenvalue weighted by atomic mass is 10.1. The van der Waals surface area contributed by atoms with Crippen molar-refractivity contribution in [3.05, 3.63) is 50.3 Å². The highest BCUT2D eigenvalue weighted by molar-refractivity contribution is 14.1. The molecule has 0 saturated heterocycles. The summed E-state index contributed by atoms with van der Waals surface area (Å²) in [7, 11) is 0. The van der Waals surface area contributed by atoms with Crippen molar-refractivity contribution in [3.63, 3.8) is 0 Å². The highest BCUT2D eigenvalue weighted by atomic mass is 127. The highest BCUT2D eigenvalue weighted by Gasteiger charge is 2.10. The number of H-pyrrole nitrogens is 1. The smallest absolute Gasteiger partial charge is 0.266 e. The molecule has 17 heavy (non-hydrogen) atoms. The summed E-state index contributed by atoms with van der Waals surface area (Å²) in [5.41, 5.74) is 0.909. The van der Waals surface area contributed by atoms with Gasteiger partial charge in [0.05, 0.1) is 12.4 Å². The van der Waals surface area contributed by atoms with Crippen LogP contribution in [0.2, 0.25) is 0 Å². The van der Waals surface area contributed by atoms with E-state index in [2.05, 4.69) is 20.3 Å². The minimum atomic E-state index is -0.138. The third-order valence-corrected chi connectivity index (χ3v) is 3.33. The lowest BCUT2D eigenvalue weighted by Gasteiger charge is -2.14. The molecule has 0 bridgehead atoms. The predicted molar refractivity (Wildman–Crippen MR) is 73.8 cm³/mol. The highest BCUT2D eigenvalue weighted by Crippen LogP contribution is 2.18. The van der Waals surface area contributed by atoms with Crippen LogP contribution in [-0.4, -0.2) is 15.0 Å². The molecule has 0 aromatic carbocycles. The molecule has 0 radical (unpaired) electrons. The number of hydrogen-bond donors (Lipinski definition) is 2. The maximum Gasteiger partial charge on any atom is 0.266 e. The van der Waals surface area contributed by atoms with E-state index in [4.69, 9.17) is 0 Å². The van der Waals surface area contributed by atoms with Crippen LogP contribution in [0.25, 0.3) is 0 Å². The molecule has 1 unspecified atom stereocenters. The van der Waals surface area contributed by atoms with Gasteiger partial charge in [0.15, 0.2) is 0 Å². The number of nitrogens with one attached hydrogen (secondary N) is 2. The lowest BCUT2D eigenvalue weighted by Crippen LogP contribution is -2.16. The Morgan fingerprint density at radius 3 is 3.06 bits per heavy atom. The number of nitrogens with zero attached hydrogens (tertiary/aromatic N) is 2. The standard InChI is InChI=1S/C11H11IN4O/c1-7(8-3-2-4-13-5-8)16-10-9(12)11(17)15-6-14-10/h2-7H,1H3,(H2,14,15,16,17). The van der Waals surface area contributed by atoms with E-state index < -0.39 is 0 Å². The summed E-state index contributed by atoms with van der Waals surface area (Å²) in [4.78, 5) is 22.1. The Hall–Kier alpha value is -1.44. The second kappa shape index (κ2) is 5.26. The van der Waals surface area contributed by atoms with Crippen LogP contribution in [0.15, 0.2) is 35.6 Å². The van der Waals surface area contributed by atoms with E-state index in [1.807, 2.05) is 41.6 Å². The van der Waals surface area contributed by atoms with Gasteiger partial charge >= 0.3 is 0 Å². The fourth-order valence-electron chi connectivity index (χ4n) is 1.40. The third-order valence-electron chi connectivity index (χ3n) is 2.33. The average Bonchev–Trinajstić information content (AvgIpc) is 2.36. The van der Waals surface area contributed by atoms with Crippen LogP contribution in [-0.2, 0) is 0 Å². The Kier molecular flexibility index (Phi) is 3.72. The van der Waals surface area contributed by atoms with Crippen molar-refractivity contribution in [2.45, 2.75) is 13.0 Å². The monoisotopic (exact) mass is 342 g/mol. The van der Waals surface area contributed by atoms with Gasteiger partial charge in [-0.25, -0.2) is 4.98 Å². The molecule has 2 aromatic rings. The Morgan fingerprint density at radius 2 is 2.35 bits per heavy atom. The third kappa shape index (κ3) is 2.82. The first-order chi connectivity index (χ1) is 8.18. The second-order valence-electron chi connectivity index (χ2n) is 3.55. The molecule has 88 valence electrons. The van der Waals surface area contributed by atoms with Gasteiger partial charge in [0.1, 0.15) is 9.39 Å². The Labute approximate surface area is 112 Å². The molecule has 1 atom stereocenters. The largest absolute Gasteiger partial charge is 0.362 e. The number of aromatic amines is 1. The number of rotatable bonds is 3. The van der Waals surface area contributed by atoms with Gasteiger partial charge in [-0.1, -0.05) is 6.07 Å². The Morgan fingerprint density at radius 1 is 1.53 bits per heavy atom. The van der Waals surface area contributed by atoms with Crippen molar-refractivity contribution >= 4 is 28.4 Å². The molecule has 0 aliphatic heterocycles. The number of hydrogen-bond acceptors (Lipinski definition) is 4. The minimum absolute atomic E-state index is 0.0477. The van der Waals surface area contributed by atoms with E-state index in [1.54, 1.807) is 12.4 Å². The van der Waals surface area contributed by atoms with Crippen molar-refractivity contribution < 1.29 is 0 Å². The molecule has 0 fully saturated rings. The Bertz CT molecular complexity index is 555. The quantitative estimate of drug-likeness (QED) is 0.837. The molecule has 0 saturated carbocycles. The van der Waals surface area contributed by atoms with Gasteiger partial charge in [-0.15, -0.1) is 0 Å². The predicted octanol–water partition coefficient (Wildman–Crippen LogP) is 1.94. The van der Waals surface area contributed by atoms with Crippen LogP contribution in [0.4, 0.5) is 5.82 Å². The van der Waals surface area contributed by atoms with Gasteiger partial charge in [-0.3, -0.25) is 9.78 Å². The molecule has 0 amide bonds. The number of pyridine rings is 1. The normalized spacial score (nSPS) is 12.1. The summed E-state index contributed by atoms with van der Waals surface area (Å²) < 4.78 is 0.556. The van der Waals surface area contributed by atoms with E-state index in [1.165, 1.54) is 6.33 Å². The summed E-state index contributed by atoms with van der Waals surface area (Å²) in [5, 5.41) is 3.19. The first kappa shape index (κ1) is 12.0. The molecule has 6 heteroatoms. The van der Waals surface area contributed by atoms with Gasteiger partial charge in [0.25, 0.3) is 5.56 Å². The van der Waals surface area contributed by atoms with Crippen LogP contribution in [0.1, 0.15) is 18.5 Å². The van der Waals surface area contributed by atoms with Crippen LogP contribution in [0.5, 0.6) is 0 Å². The number of anilines is 1. The zero-order chi connectivity index (χ0) is 12.3. The molecule has 2 aromatic heterocycles. The average molecular weight is 342 g/mol. The maximum absolute atomic E-state index is 11.4. The van der Waals surface area contributed by atoms with Gasteiger partial charge in [0.2, 0.25) is 0 Å². The molecular formula is C11H11IN4O. The fraction of sp³-hybridized carbons (Fsp3) is 0.182. The zero-order valence-electron chi connectivity index (χ0n) is 9.14. The molecule has 2 heterocycles. The minimum Gasteiger partial charge on any atom is -0.362 e. The molecule has 0 aliphatic rings. The number of aromatic nitrogens is 3. The van der Waals surface area contributed by atoms with Crippen LogP contribution in [0, 0.1) is 3.57 Å². The lowest BCUT2D eigenvalue weighted by molar-refractivity contribution is 0.859. The van der Waals surface area contributed by atoms with Gasteiger partial charge in [-0.05, 0) is 41.1 Å². The van der Waals surface area contributed by atoms with Gasteiger partial charge in [0, 0.05) is 12.4 Å².